The predicted octanol–water partition coefficient (Wildman–Crippen LogP) is 2.78. The molecule has 1 unspecified atom stereocenters. The highest BCUT2D eigenvalue weighted by atomic mass is 32.2. The fourth-order valence-corrected chi connectivity index (χ4v) is 3.71. The zero-order valence-corrected chi connectivity index (χ0v) is 11.4. The third-order valence-electron chi connectivity index (χ3n) is 3.48. The molecule has 1 aliphatic rings. The Hall–Kier alpha value is -1.75. The number of fused-ring (bicyclic) bond motifs is 1. The van der Waals surface area contributed by atoms with Crippen molar-refractivity contribution in [2.24, 2.45) is 0 Å². The van der Waals surface area contributed by atoms with Crippen LogP contribution in [0.4, 0.5) is 0 Å². The Morgan fingerprint density at radius 3 is 3.11 bits per heavy atom. The summed E-state index contributed by atoms with van der Waals surface area (Å²) in [6, 6.07) is 8.33. The van der Waals surface area contributed by atoms with E-state index in [2.05, 4.69) is 17.1 Å². The van der Waals surface area contributed by atoms with Gasteiger partial charge in [0.25, 0.3) is 0 Å². The fraction of sp³-hybridized carbons (Fsp3) is 0.286. The lowest BCUT2D eigenvalue weighted by Gasteiger charge is -2.14. The first-order valence-electron chi connectivity index (χ1n) is 6.14. The number of nitrogens with zero attached hydrogens (tertiary/aromatic N) is 2. The van der Waals surface area contributed by atoms with Crippen LogP contribution in [0, 0.1) is 6.92 Å². The molecule has 5 heteroatoms. The molecule has 1 aliphatic heterocycles. The zero-order chi connectivity index (χ0) is 13.4. The van der Waals surface area contributed by atoms with Crippen LogP contribution in [0.25, 0.3) is 0 Å². The maximum Gasteiger partial charge on any atom is 0.354 e. The Morgan fingerprint density at radius 2 is 2.32 bits per heavy atom. The van der Waals surface area contributed by atoms with Gasteiger partial charge in [-0.25, -0.2) is 9.78 Å². The summed E-state index contributed by atoms with van der Waals surface area (Å²) in [6.07, 6.45) is 1.44. The van der Waals surface area contributed by atoms with E-state index in [0.29, 0.717) is 12.5 Å². The van der Waals surface area contributed by atoms with Crippen molar-refractivity contribution in [2.75, 3.05) is 5.75 Å². The SMILES string of the molecule is Cc1ncc(C(=O)O)n1CC1CSc2ccccc21. The second kappa shape index (κ2) is 4.74. The van der Waals surface area contributed by atoms with Crippen molar-refractivity contribution in [1.29, 1.82) is 0 Å². The van der Waals surface area contributed by atoms with Gasteiger partial charge in [-0.2, -0.15) is 0 Å². The second-order valence-corrected chi connectivity index (χ2v) is 5.71. The van der Waals surface area contributed by atoms with Crippen molar-refractivity contribution >= 4 is 17.7 Å². The quantitative estimate of drug-likeness (QED) is 0.935. The zero-order valence-electron chi connectivity index (χ0n) is 10.5. The Kier molecular flexibility index (Phi) is 3.06. The smallest absolute Gasteiger partial charge is 0.354 e. The lowest BCUT2D eigenvalue weighted by atomic mass is 10.0. The lowest BCUT2D eigenvalue weighted by Crippen LogP contribution is -2.15. The van der Waals surface area contributed by atoms with Crippen molar-refractivity contribution < 1.29 is 9.90 Å². The summed E-state index contributed by atoms with van der Waals surface area (Å²) in [7, 11) is 0. The fourth-order valence-electron chi connectivity index (χ4n) is 2.47. The maximum absolute atomic E-state index is 11.2. The van der Waals surface area contributed by atoms with Gasteiger partial charge in [-0.3, -0.25) is 0 Å². The molecule has 2 heterocycles. The molecular weight excluding hydrogens is 260 g/mol. The summed E-state index contributed by atoms with van der Waals surface area (Å²) < 4.78 is 1.80. The largest absolute Gasteiger partial charge is 0.477 e. The molecule has 1 aromatic heterocycles. The molecule has 19 heavy (non-hydrogen) atoms. The lowest BCUT2D eigenvalue weighted by molar-refractivity contribution is 0.0684. The van der Waals surface area contributed by atoms with Gasteiger partial charge < -0.3 is 9.67 Å². The van der Waals surface area contributed by atoms with Crippen LogP contribution < -0.4 is 0 Å². The van der Waals surface area contributed by atoms with Crippen molar-refractivity contribution in [2.45, 2.75) is 24.3 Å². The van der Waals surface area contributed by atoms with Gasteiger partial charge >= 0.3 is 5.97 Å². The van der Waals surface area contributed by atoms with Crippen LogP contribution in [-0.2, 0) is 6.54 Å². The van der Waals surface area contributed by atoms with Gasteiger partial charge in [-0.15, -0.1) is 11.8 Å². The number of carboxylic acids is 1. The van der Waals surface area contributed by atoms with Crippen LogP contribution in [0.5, 0.6) is 0 Å². The van der Waals surface area contributed by atoms with Gasteiger partial charge in [-0.1, -0.05) is 18.2 Å². The molecular formula is C14H14N2O2S. The highest BCUT2D eigenvalue weighted by molar-refractivity contribution is 7.99. The number of aromatic carboxylic acids is 1. The molecule has 3 rings (SSSR count). The van der Waals surface area contributed by atoms with E-state index in [9.17, 15) is 9.90 Å². The Labute approximate surface area is 115 Å². The van der Waals surface area contributed by atoms with E-state index < -0.39 is 5.97 Å². The van der Waals surface area contributed by atoms with E-state index in [4.69, 9.17) is 0 Å². The number of benzene rings is 1. The number of carboxylic acid groups (broad SMARTS) is 1. The molecule has 0 amide bonds. The number of hydrogen-bond acceptors (Lipinski definition) is 3. The number of carbonyl (C=O) groups is 1. The van der Waals surface area contributed by atoms with Crippen molar-refractivity contribution in [3.8, 4) is 0 Å². The van der Waals surface area contributed by atoms with Crippen molar-refractivity contribution in [1.82, 2.24) is 9.55 Å². The van der Waals surface area contributed by atoms with Crippen LogP contribution in [0.3, 0.4) is 0 Å². The number of thioether (sulfide) groups is 1. The first kappa shape index (κ1) is 12.3. The molecule has 2 aromatic rings. The van der Waals surface area contributed by atoms with Crippen molar-refractivity contribution in [3.63, 3.8) is 0 Å². The summed E-state index contributed by atoms with van der Waals surface area (Å²) in [5, 5.41) is 9.18. The molecule has 0 saturated heterocycles. The molecule has 0 bridgehead atoms. The van der Waals surface area contributed by atoms with E-state index in [1.165, 1.54) is 16.7 Å². The second-order valence-electron chi connectivity index (χ2n) is 4.65. The maximum atomic E-state index is 11.2. The molecule has 0 spiro atoms. The first-order chi connectivity index (χ1) is 9.16. The van der Waals surface area contributed by atoms with E-state index >= 15 is 0 Å². The number of hydrogen-bond donors (Lipinski definition) is 1. The third kappa shape index (κ3) is 2.14. The Bertz CT molecular complexity index is 636. The minimum atomic E-state index is -0.917. The Morgan fingerprint density at radius 1 is 1.53 bits per heavy atom. The molecule has 0 radical (unpaired) electrons. The average molecular weight is 274 g/mol. The van der Waals surface area contributed by atoms with Gasteiger partial charge in [0.1, 0.15) is 11.5 Å². The van der Waals surface area contributed by atoms with Gasteiger partial charge in [0.05, 0.1) is 6.20 Å². The average Bonchev–Trinajstić information content (AvgIpc) is 2.96. The number of imidazole rings is 1. The minimum Gasteiger partial charge on any atom is -0.477 e. The molecule has 4 nitrogen and oxygen atoms in total. The molecule has 1 N–H and O–H groups in total. The molecule has 0 saturated carbocycles. The van der Waals surface area contributed by atoms with Crippen LogP contribution in [-0.4, -0.2) is 26.4 Å². The molecule has 0 fully saturated rings. The van der Waals surface area contributed by atoms with Crippen LogP contribution in [0.15, 0.2) is 35.4 Å². The predicted molar refractivity (Wildman–Crippen MR) is 73.8 cm³/mol. The van der Waals surface area contributed by atoms with Crippen LogP contribution in [0.2, 0.25) is 0 Å². The highest BCUT2D eigenvalue weighted by Crippen LogP contribution is 2.40. The monoisotopic (exact) mass is 274 g/mol. The van der Waals surface area contributed by atoms with Gasteiger partial charge in [0.15, 0.2) is 0 Å². The normalized spacial score (nSPS) is 17.4. The topological polar surface area (TPSA) is 55.1 Å². The molecule has 1 atom stereocenters. The van der Waals surface area contributed by atoms with Gasteiger partial charge in [0, 0.05) is 23.1 Å². The summed E-state index contributed by atoms with van der Waals surface area (Å²) in [4.78, 5) is 16.6. The number of rotatable bonds is 3. The summed E-state index contributed by atoms with van der Waals surface area (Å²) in [5.74, 6) is 1.19. The van der Waals surface area contributed by atoms with Crippen LogP contribution in [0.1, 0.15) is 27.8 Å². The van der Waals surface area contributed by atoms with Gasteiger partial charge in [-0.05, 0) is 18.6 Å². The number of aromatic nitrogens is 2. The molecule has 1 aromatic carbocycles. The van der Waals surface area contributed by atoms with Crippen molar-refractivity contribution in [3.05, 3.63) is 47.5 Å². The summed E-state index contributed by atoms with van der Waals surface area (Å²) >= 11 is 1.84. The molecule has 98 valence electrons. The number of aryl methyl sites for hydroxylation is 1. The molecule has 0 aliphatic carbocycles. The van der Waals surface area contributed by atoms with E-state index in [0.717, 1.165) is 11.6 Å². The highest BCUT2D eigenvalue weighted by Gasteiger charge is 2.25. The van der Waals surface area contributed by atoms with E-state index in [1.54, 1.807) is 4.57 Å². The van der Waals surface area contributed by atoms with Crippen LogP contribution >= 0.6 is 11.8 Å². The minimum absolute atomic E-state index is 0.270. The Balaban J connectivity index is 1.91. The first-order valence-corrected chi connectivity index (χ1v) is 7.12. The van der Waals surface area contributed by atoms with E-state index in [-0.39, 0.29) is 5.69 Å². The third-order valence-corrected chi connectivity index (χ3v) is 4.73. The van der Waals surface area contributed by atoms with E-state index in [1.807, 2.05) is 30.8 Å². The standard InChI is InChI=1S/C14H14N2O2S/c1-9-15-6-12(14(17)18)16(9)7-10-8-19-13-5-3-2-4-11(10)13/h2-6,10H,7-8H2,1H3,(H,17,18). The summed E-state index contributed by atoms with van der Waals surface area (Å²) in [5.41, 5.74) is 1.59. The van der Waals surface area contributed by atoms with Gasteiger partial charge in [0.2, 0.25) is 0 Å². The summed E-state index contributed by atoms with van der Waals surface area (Å²) in [6.45, 7) is 2.53.